The normalized spacial score (nSPS) is 21.7. The lowest BCUT2D eigenvalue weighted by atomic mass is 9.95. The van der Waals surface area contributed by atoms with Crippen molar-refractivity contribution in [1.29, 1.82) is 0 Å². The molecule has 0 radical (unpaired) electrons. The fraction of sp³-hybridized carbons (Fsp3) is 0.625. The van der Waals surface area contributed by atoms with Crippen molar-refractivity contribution in [2.24, 2.45) is 5.92 Å². The Labute approximate surface area is 110 Å². The zero-order chi connectivity index (χ0) is 12.5. The number of fused-ring (bicyclic) bond motifs is 1. The van der Waals surface area contributed by atoms with E-state index in [-0.39, 0.29) is 0 Å². The quantitative estimate of drug-likeness (QED) is 0.861. The van der Waals surface area contributed by atoms with E-state index in [9.17, 15) is 0 Å². The average Bonchev–Trinajstić information content (AvgIpc) is 3.12. The number of nitrogens with one attached hydrogen (secondary N) is 1. The lowest BCUT2D eigenvalue weighted by Crippen LogP contribution is -2.32. The van der Waals surface area contributed by atoms with E-state index in [4.69, 9.17) is 4.74 Å². The third kappa shape index (κ3) is 2.19. The summed E-state index contributed by atoms with van der Waals surface area (Å²) in [6.45, 7) is 0. The van der Waals surface area contributed by atoms with E-state index in [1.807, 2.05) is 14.2 Å². The maximum absolute atomic E-state index is 5.74. The molecule has 2 aliphatic rings. The van der Waals surface area contributed by atoms with Crippen LogP contribution < -0.4 is 5.32 Å². The topological polar surface area (TPSA) is 21.3 Å². The van der Waals surface area contributed by atoms with Crippen LogP contribution in [0.2, 0.25) is 0 Å². The highest BCUT2D eigenvalue weighted by molar-refractivity contribution is 5.37. The lowest BCUT2D eigenvalue weighted by Gasteiger charge is -2.26. The maximum atomic E-state index is 5.74. The second kappa shape index (κ2) is 5.02. The van der Waals surface area contributed by atoms with E-state index in [0.29, 0.717) is 12.1 Å². The molecule has 0 aliphatic heterocycles. The van der Waals surface area contributed by atoms with Crippen molar-refractivity contribution in [1.82, 2.24) is 5.32 Å². The average molecular weight is 245 g/mol. The van der Waals surface area contributed by atoms with Crippen LogP contribution >= 0.6 is 0 Å². The molecular formula is C16H23NO. The summed E-state index contributed by atoms with van der Waals surface area (Å²) < 4.78 is 5.74. The van der Waals surface area contributed by atoms with Gasteiger partial charge in [0.25, 0.3) is 0 Å². The number of aryl methyl sites for hydroxylation is 2. The van der Waals surface area contributed by atoms with Crippen molar-refractivity contribution in [3.63, 3.8) is 0 Å². The van der Waals surface area contributed by atoms with Gasteiger partial charge in [-0.05, 0) is 61.8 Å². The van der Waals surface area contributed by atoms with Gasteiger partial charge in [0, 0.05) is 7.11 Å². The van der Waals surface area contributed by atoms with Gasteiger partial charge in [0.1, 0.15) is 0 Å². The summed E-state index contributed by atoms with van der Waals surface area (Å²) in [6, 6.07) is 7.35. The molecule has 2 nitrogen and oxygen atoms in total. The van der Waals surface area contributed by atoms with E-state index in [0.717, 1.165) is 5.92 Å². The van der Waals surface area contributed by atoms with Crippen LogP contribution in [-0.4, -0.2) is 20.3 Å². The molecule has 2 aliphatic carbocycles. The number of likely N-dealkylation sites (N-methyl/N-ethyl adjacent to an activating group) is 1. The van der Waals surface area contributed by atoms with E-state index in [2.05, 4.69) is 23.5 Å². The molecule has 1 saturated carbocycles. The Balaban J connectivity index is 1.86. The van der Waals surface area contributed by atoms with Crippen LogP contribution in [0.15, 0.2) is 18.2 Å². The van der Waals surface area contributed by atoms with Gasteiger partial charge in [0.05, 0.1) is 12.1 Å². The van der Waals surface area contributed by atoms with E-state index in [1.165, 1.54) is 37.7 Å². The summed E-state index contributed by atoms with van der Waals surface area (Å²) in [6.07, 6.45) is 6.80. The Morgan fingerprint density at radius 3 is 2.67 bits per heavy atom. The number of benzene rings is 1. The van der Waals surface area contributed by atoms with Crippen LogP contribution in [0, 0.1) is 5.92 Å². The molecule has 0 saturated heterocycles. The van der Waals surface area contributed by atoms with Crippen molar-refractivity contribution >= 4 is 0 Å². The Bertz CT molecular complexity index is 425. The Morgan fingerprint density at radius 1 is 1.22 bits per heavy atom. The van der Waals surface area contributed by atoms with Crippen LogP contribution in [0.3, 0.4) is 0 Å². The molecule has 18 heavy (non-hydrogen) atoms. The molecule has 0 aromatic heterocycles. The van der Waals surface area contributed by atoms with Crippen molar-refractivity contribution in [3.8, 4) is 0 Å². The molecule has 0 spiro atoms. The standard InChI is InChI=1S/C16H23NO/c1-17-15(16(18-2)12-7-8-12)14-9-6-11-4-3-5-13(11)10-14/h6,9-10,12,15-17H,3-5,7-8H2,1-2H3. The second-order valence-electron chi connectivity index (χ2n) is 5.69. The largest absolute Gasteiger partial charge is 0.379 e. The summed E-state index contributed by atoms with van der Waals surface area (Å²) in [5, 5.41) is 3.46. The lowest BCUT2D eigenvalue weighted by molar-refractivity contribution is 0.0530. The number of hydrogen-bond acceptors (Lipinski definition) is 2. The van der Waals surface area contributed by atoms with E-state index >= 15 is 0 Å². The van der Waals surface area contributed by atoms with E-state index < -0.39 is 0 Å². The summed E-state index contributed by atoms with van der Waals surface area (Å²) >= 11 is 0. The third-order valence-electron chi connectivity index (χ3n) is 4.48. The van der Waals surface area contributed by atoms with Crippen LogP contribution in [0.4, 0.5) is 0 Å². The molecule has 98 valence electrons. The van der Waals surface area contributed by atoms with Crippen LogP contribution in [-0.2, 0) is 17.6 Å². The molecule has 1 aromatic rings. The first kappa shape index (κ1) is 12.2. The molecule has 0 amide bonds. The van der Waals surface area contributed by atoms with Crippen LogP contribution in [0.25, 0.3) is 0 Å². The monoisotopic (exact) mass is 245 g/mol. The summed E-state index contributed by atoms with van der Waals surface area (Å²) in [4.78, 5) is 0. The Hall–Kier alpha value is -0.860. The molecule has 0 heterocycles. The number of methoxy groups -OCH3 is 1. The van der Waals surface area contributed by atoms with Gasteiger partial charge in [-0.25, -0.2) is 0 Å². The third-order valence-corrected chi connectivity index (χ3v) is 4.48. The fourth-order valence-electron chi connectivity index (χ4n) is 3.33. The van der Waals surface area contributed by atoms with Crippen molar-refractivity contribution in [2.45, 2.75) is 44.2 Å². The molecule has 0 bridgehead atoms. The second-order valence-corrected chi connectivity index (χ2v) is 5.69. The molecular weight excluding hydrogens is 222 g/mol. The van der Waals surface area contributed by atoms with Gasteiger partial charge in [0.15, 0.2) is 0 Å². The van der Waals surface area contributed by atoms with Crippen molar-refractivity contribution in [3.05, 3.63) is 34.9 Å². The number of rotatable bonds is 5. The zero-order valence-electron chi connectivity index (χ0n) is 11.4. The minimum absolute atomic E-state index is 0.328. The fourth-order valence-corrected chi connectivity index (χ4v) is 3.33. The molecule has 2 heteroatoms. The van der Waals surface area contributed by atoms with Gasteiger partial charge < -0.3 is 10.1 Å². The highest BCUT2D eigenvalue weighted by Gasteiger charge is 2.37. The van der Waals surface area contributed by atoms with Crippen molar-refractivity contribution in [2.75, 3.05) is 14.2 Å². The molecule has 1 fully saturated rings. The van der Waals surface area contributed by atoms with Gasteiger partial charge in [-0.1, -0.05) is 18.2 Å². The summed E-state index contributed by atoms with van der Waals surface area (Å²) in [7, 11) is 3.90. The molecule has 2 atom stereocenters. The minimum atomic E-state index is 0.328. The summed E-state index contributed by atoms with van der Waals surface area (Å²) in [5.74, 6) is 0.751. The van der Waals surface area contributed by atoms with Gasteiger partial charge in [-0.3, -0.25) is 0 Å². The molecule has 1 aromatic carbocycles. The predicted octanol–water partition coefficient (Wildman–Crippen LogP) is 2.86. The first-order valence-electron chi connectivity index (χ1n) is 7.15. The first-order chi connectivity index (χ1) is 8.83. The van der Waals surface area contributed by atoms with Crippen LogP contribution in [0.1, 0.15) is 42.0 Å². The zero-order valence-corrected chi connectivity index (χ0v) is 11.4. The maximum Gasteiger partial charge on any atom is 0.0793 e. The Morgan fingerprint density at radius 2 is 2.00 bits per heavy atom. The molecule has 3 rings (SSSR count). The Kier molecular flexibility index (Phi) is 3.40. The van der Waals surface area contributed by atoms with Gasteiger partial charge in [-0.2, -0.15) is 0 Å². The molecule has 1 N–H and O–H groups in total. The minimum Gasteiger partial charge on any atom is -0.379 e. The highest BCUT2D eigenvalue weighted by Crippen LogP contribution is 2.40. The SMILES string of the molecule is CNC(c1ccc2c(c1)CCC2)C(OC)C1CC1. The summed E-state index contributed by atoms with van der Waals surface area (Å²) in [5.41, 5.74) is 4.50. The van der Waals surface area contributed by atoms with Crippen molar-refractivity contribution < 1.29 is 4.74 Å². The first-order valence-corrected chi connectivity index (χ1v) is 7.15. The van der Waals surface area contributed by atoms with Crippen LogP contribution in [0.5, 0.6) is 0 Å². The molecule has 2 unspecified atom stereocenters. The van der Waals surface area contributed by atoms with Gasteiger partial charge in [-0.15, -0.1) is 0 Å². The highest BCUT2D eigenvalue weighted by atomic mass is 16.5. The van der Waals surface area contributed by atoms with Gasteiger partial charge in [0.2, 0.25) is 0 Å². The van der Waals surface area contributed by atoms with Gasteiger partial charge >= 0.3 is 0 Å². The number of hydrogen-bond donors (Lipinski definition) is 1. The van der Waals surface area contributed by atoms with E-state index in [1.54, 1.807) is 11.1 Å². The predicted molar refractivity (Wildman–Crippen MR) is 73.8 cm³/mol. The number of ether oxygens (including phenoxy) is 1. The smallest absolute Gasteiger partial charge is 0.0793 e.